The maximum Gasteiger partial charge on any atom is 0.315 e. The molecular formula is C11H18N2OS. The van der Waals surface area contributed by atoms with E-state index in [4.69, 9.17) is 0 Å². The van der Waals surface area contributed by atoms with Gasteiger partial charge in [-0.1, -0.05) is 0 Å². The van der Waals surface area contributed by atoms with Crippen molar-refractivity contribution in [2.24, 2.45) is 0 Å². The highest BCUT2D eigenvalue weighted by molar-refractivity contribution is 7.10. The van der Waals surface area contributed by atoms with Gasteiger partial charge in [-0.2, -0.15) is 0 Å². The summed E-state index contributed by atoms with van der Waals surface area (Å²) in [6, 6.07) is 1.94. The summed E-state index contributed by atoms with van der Waals surface area (Å²) < 4.78 is 0. The number of aryl methyl sites for hydroxylation is 1. The Kier molecular flexibility index (Phi) is 3.74. The zero-order valence-corrected chi connectivity index (χ0v) is 10.5. The van der Waals surface area contributed by atoms with E-state index in [1.165, 1.54) is 10.4 Å². The predicted octanol–water partition coefficient (Wildman–Crippen LogP) is 2.65. The van der Waals surface area contributed by atoms with Gasteiger partial charge in [0.15, 0.2) is 0 Å². The molecule has 4 heteroatoms. The number of urea groups is 1. The van der Waals surface area contributed by atoms with Crippen LogP contribution in [0, 0.1) is 6.92 Å². The monoisotopic (exact) mass is 226 g/mol. The highest BCUT2D eigenvalue weighted by atomic mass is 32.1. The van der Waals surface area contributed by atoms with Gasteiger partial charge in [-0.3, -0.25) is 0 Å². The van der Waals surface area contributed by atoms with Crippen molar-refractivity contribution in [1.29, 1.82) is 0 Å². The molecule has 0 aliphatic carbocycles. The quantitative estimate of drug-likeness (QED) is 0.799. The molecule has 1 rings (SSSR count). The van der Waals surface area contributed by atoms with Gasteiger partial charge in [-0.15, -0.1) is 11.3 Å². The van der Waals surface area contributed by atoms with E-state index in [0.717, 1.165) is 0 Å². The van der Waals surface area contributed by atoms with Crippen LogP contribution in [-0.2, 0) is 6.54 Å². The Morgan fingerprint density at radius 2 is 2.13 bits per heavy atom. The standard InChI is InChI=1S/C11H18N2OS/c1-8-5-6-15-9(8)7-12-10(14)13-11(2,3)4/h5-6H,7H2,1-4H3,(H2,12,13,14). The van der Waals surface area contributed by atoms with Gasteiger partial charge >= 0.3 is 6.03 Å². The summed E-state index contributed by atoms with van der Waals surface area (Å²) in [5.74, 6) is 0. The number of carbonyl (C=O) groups is 1. The molecule has 0 aromatic carbocycles. The molecule has 0 unspecified atom stereocenters. The average Bonchev–Trinajstić information content (AvgIpc) is 2.44. The largest absolute Gasteiger partial charge is 0.334 e. The minimum atomic E-state index is -0.186. The van der Waals surface area contributed by atoms with Crippen molar-refractivity contribution in [1.82, 2.24) is 10.6 Å². The molecule has 2 N–H and O–H groups in total. The SMILES string of the molecule is Cc1ccsc1CNC(=O)NC(C)(C)C. The first-order valence-corrected chi connectivity index (χ1v) is 5.85. The second-order valence-electron chi connectivity index (χ2n) is 4.58. The average molecular weight is 226 g/mol. The van der Waals surface area contributed by atoms with Gasteiger partial charge in [0.05, 0.1) is 6.54 Å². The number of amides is 2. The Bertz CT molecular complexity index is 339. The van der Waals surface area contributed by atoms with Crippen molar-refractivity contribution in [2.75, 3.05) is 0 Å². The molecule has 0 spiro atoms. The lowest BCUT2D eigenvalue weighted by Crippen LogP contribution is -2.46. The van der Waals surface area contributed by atoms with Crippen LogP contribution in [0.5, 0.6) is 0 Å². The van der Waals surface area contributed by atoms with Crippen LogP contribution in [0.4, 0.5) is 4.79 Å². The lowest BCUT2D eigenvalue weighted by Gasteiger charge is -2.20. The van der Waals surface area contributed by atoms with E-state index >= 15 is 0 Å². The Balaban J connectivity index is 2.38. The smallest absolute Gasteiger partial charge is 0.315 e. The first kappa shape index (κ1) is 12.0. The van der Waals surface area contributed by atoms with E-state index < -0.39 is 0 Å². The third-order valence-corrected chi connectivity index (χ3v) is 2.89. The topological polar surface area (TPSA) is 41.1 Å². The van der Waals surface area contributed by atoms with E-state index in [-0.39, 0.29) is 11.6 Å². The highest BCUT2D eigenvalue weighted by Gasteiger charge is 2.13. The Labute approximate surface area is 94.9 Å². The lowest BCUT2D eigenvalue weighted by molar-refractivity contribution is 0.231. The summed E-state index contributed by atoms with van der Waals surface area (Å²) in [6.45, 7) is 8.54. The normalized spacial score (nSPS) is 11.2. The summed E-state index contributed by atoms with van der Waals surface area (Å²) in [4.78, 5) is 12.7. The molecule has 0 aliphatic rings. The van der Waals surface area contributed by atoms with Gasteiger partial charge in [0, 0.05) is 10.4 Å². The molecule has 0 atom stereocenters. The third-order valence-electron chi connectivity index (χ3n) is 1.87. The first-order chi connectivity index (χ1) is 6.88. The minimum Gasteiger partial charge on any atom is -0.334 e. The van der Waals surface area contributed by atoms with E-state index in [2.05, 4.69) is 23.6 Å². The molecule has 1 aromatic rings. The number of thiophene rings is 1. The van der Waals surface area contributed by atoms with Gasteiger partial charge in [-0.05, 0) is 44.7 Å². The van der Waals surface area contributed by atoms with Crippen LogP contribution < -0.4 is 10.6 Å². The van der Waals surface area contributed by atoms with Crippen LogP contribution in [0.1, 0.15) is 31.2 Å². The molecule has 0 saturated heterocycles. The van der Waals surface area contributed by atoms with Gasteiger partial charge < -0.3 is 10.6 Å². The van der Waals surface area contributed by atoms with E-state index in [9.17, 15) is 4.79 Å². The molecule has 1 heterocycles. The third kappa shape index (κ3) is 4.34. The summed E-state index contributed by atoms with van der Waals surface area (Å²) in [5, 5.41) is 7.73. The summed E-state index contributed by atoms with van der Waals surface area (Å²) in [6.07, 6.45) is 0. The fourth-order valence-corrected chi connectivity index (χ4v) is 1.98. The van der Waals surface area contributed by atoms with Gasteiger partial charge in [0.2, 0.25) is 0 Å². The maximum absolute atomic E-state index is 11.4. The van der Waals surface area contributed by atoms with Crippen molar-refractivity contribution in [3.8, 4) is 0 Å². The molecule has 1 aromatic heterocycles. The number of rotatable bonds is 2. The van der Waals surface area contributed by atoms with Crippen LogP contribution >= 0.6 is 11.3 Å². The zero-order valence-electron chi connectivity index (χ0n) is 9.68. The second kappa shape index (κ2) is 4.66. The zero-order chi connectivity index (χ0) is 11.5. The Hall–Kier alpha value is -1.03. The van der Waals surface area contributed by atoms with Crippen LogP contribution in [0.2, 0.25) is 0 Å². The van der Waals surface area contributed by atoms with Crippen molar-refractivity contribution >= 4 is 17.4 Å². The number of hydrogen-bond acceptors (Lipinski definition) is 2. The van der Waals surface area contributed by atoms with Crippen molar-refractivity contribution in [3.63, 3.8) is 0 Å². The molecule has 0 fully saturated rings. The highest BCUT2D eigenvalue weighted by Crippen LogP contribution is 2.14. The molecule has 2 amide bonds. The lowest BCUT2D eigenvalue weighted by atomic mass is 10.1. The Morgan fingerprint density at radius 3 is 2.60 bits per heavy atom. The van der Waals surface area contributed by atoms with Gasteiger partial charge in [-0.25, -0.2) is 4.79 Å². The molecule has 3 nitrogen and oxygen atoms in total. The van der Waals surface area contributed by atoms with Crippen molar-refractivity contribution in [2.45, 2.75) is 39.8 Å². The van der Waals surface area contributed by atoms with Crippen LogP contribution in [0.15, 0.2) is 11.4 Å². The summed E-state index contributed by atoms with van der Waals surface area (Å²) >= 11 is 1.67. The van der Waals surface area contributed by atoms with Gasteiger partial charge in [0.25, 0.3) is 0 Å². The van der Waals surface area contributed by atoms with Crippen LogP contribution in [-0.4, -0.2) is 11.6 Å². The van der Waals surface area contributed by atoms with Gasteiger partial charge in [0.1, 0.15) is 0 Å². The molecule has 84 valence electrons. The molecule has 0 bridgehead atoms. The van der Waals surface area contributed by atoms with Crippen molar-refractivity contribution < 1.29 is 4.79 Å². The van der Waals surface area contributed by atoms with Crippen molar-refractivity contribution in [3.05, 3.63) is 21.9 Å². The molecule has 15 heavy (non-hydrogen) atoms. The number of hydrogen-bond donors (Lipinski definition) is 2. The van der Waals surface area contributed by atoms with Crippen LogP contribution in [0.3, 0.4) is 0 Å². The predicted molar refractivity (Wildman–Crippen MR) is 64.2 cm³/mol. The molecule has 0 radical (unpaired) electrons. The van der Waals surface area contributed by atoms with E-state index in [0.29, 0.717) is 6.54 Å². The molecule has 0 aliphatic heterocycles. The fourth-order valence-electron chi connectivity index (χ4n) is 1.13. The number of nitrogens with one attached hydrogen (secondary N) is 2. The number of carbonyl (C=O) groups excluding carboxylic acids is 1. The maximum atomic E-state index is 11.4. The first-order valence-electron chi connectivity index (χ1n) is 4.97. The Morgan fingerprint density at radius 1 is 1.47 bits per heavy atom. The minimum absolute atomic E-state index is 0.115. The fraction of sp³-hybridized carbons (Fsp3) is 0.545. The van der Waals surface area contributed by atoms with Crippen LogP contribution in [0.25, 0.3) is 0 Å². The van der Waals surface area contributed by atoms with E-state index in [1.807, 2.05) is 26.2 Å². The summed E-state index contributed by atoms with van der Waals surface area (Å²) in [5.41, 5.74) is 1.05. The summed E-state index contributed by atoms with van der Waals surface area (Å²) in [7, 11) is 0. The van der Waals surface area contributed by atoms with E-state index in [1.54, 1.807) is 11.3 Å². The molecular weight excluding hydrogens is 208 g/mol. The second-order valence-corrected chi connectivity index (χ2v) is 5.59. The molecule has 0 saturated carbocycles.